The third kappa shape index (κ3) is 4.77. The summed E-state index contributed by atoms with van der Waals surface area (Å²) < 4.78 is 32.8. The lowest BCUT2D eigenvalue weighted by atomic mass is 10.2. The van der Waals surface area contributed by atoms with Gasteiger partial charge in [0, 0.05) is 24.4 Å². The van der Waals surface area contributed by atoms with Gasteiger partial charge in [-0.05, 0) is 19.1 Å². The van der Waals surface area contributed by atoms with Crippen molar-refractivity contribution in [3.8, 4) is 0 Å². The summed E-state index contributed by atoms with van der Waals surface area (Å²) in [6.45, 7) is 1.59. The van der Waals surface area contributed by atoms with Gasteiger partial charge in [-0.2, -0.15) is 0 Å². The molecule has 0 radical (unpaired) electrons. The van der Waals surface area contributed by atoms with Crippen LogP contribution in [0.4, 0.5) is 14.5 Å². The molecule has 1 aromatic carbocycles. The van der Waals surface area contributed by atoms with Crippen LogP contribution in [0.5, 0.6) is 0 Å². The maximum atomic E-state index is 13.6. The number of amides is 1. The molecule has 0 spiro atoms. The van der Waals surface area contributed by atoms with E-state index < -0.39 is 28.8 Å². The molecule has 29 heavy (non-hydrogen) atoms. The van der Waals surface area contributed by atoms with Crippen LogP contribution in [-0.4, -0.2) is 31.4 Å². The van der Waals surface area contributed by atoms with Crippen LogP contribution >= 0.6 is 11.8 Å². The first kappa shape index (κ1) is 20.5. The summed E-state index contributed by atoms with van der Waals surface area (Å²) in [5.41, 5.74) is -0.448. The largest absolute Gasteiger partial charge is 0.416 e. The topological polar surface area (TPSA) is 123 Å². The predicted octanol–water partition coefficient (Wildman–Crippen LogP) is 1.36. The van der Waals surface area contributed by atoms with E-state index in [9.17, 15) is 23.2 Å². The highest BCUT2D eigenvalue weighted by molar-refractivity contribution is 7.99. The summed E-state index contributed by atoms with van der Waals surface area (Å²) in [5, 5.41) is 9.99. The molecule has 2 aromatic heterocycles. The molecule has 2 N–H and O–H groups in total. The van der Waals surface area contributed by atoms with Crippen molar-refractivity contribution in [3.63, 3.8) is 0 Å². The van der Waals surface area contributed by atoms with Gasteiger partial charge in [-0.25, -0.2) is 13.6 Å². The van der Waals surface area contributed by atoms with E-state index >= 15 is 0 Å². The summed E-state index contributed by atoms with van der Waals surface area (Å²) in [6.07, 6.45) is 0.00976. The fourth-order valence-electron chi connectivity index (χ4n) is 2.41. The summed E-state index contributed by atoms with van der Waals surface area (Å²) in [4.78, 5) is 38.2. The first-order valence-corrected chi connectivity index (χ1v) is 9.22. The van der Waals surface area contributed by atoms with Gasteiger partial charge in [0.2, 0.25) is 11.8 Å². The average Bonchev–Trinajstić information content (AvgIpc) is 3.12. The minimum absolute atomic E-state index is 0.00976. The van der Waals surface area contributed by atoms with E-state index in [0.29, 0.717) is 17.3 Å². The number of aryl methyl sites for hydroxylation is 1. The summed E-state index contributed by atoms with van der Waals surface area (Å²) in [6, 6.07) is 2.81. The number of aromatic nitrogens is 4. The zero-order chi connectivity index (χ0) is 21.1. The molecule has 152 valence electrons. The van der Waals surface area contributed by atoms with Crippen molar-refractivity contribution in [1.29, 1.82) is 0 Å². The molecule has 3 rings (SSSR count). The van der Waals surface area contributed by atoms with Crippen molar-refractivity contribution in [3.05, 3.63) is 67.8 Å². The second-order valence-electron chi connectivity index (χ2n) is 6.00. The van der Waals surface area contributed by atoms with Crippen molar-refractivity contribution in [2.24, 2.45) is 7.05 Å². The van der Waals surface area contributed by atoms with Crippen LogP contribution in [0.25, 0.3) is 0 Å². The van der Waals surface area contributed by atoms with E-state index in [-0.39, 0.29) is 29.0 Å². The first-order valence-electron chi connectivity index (χ1n) is 8.23. The monoisotopic (exact) mass is 423 g/mol. The molecule has 3 aromatic rings. The lowest BCUT2D eigenvalue weighted by Gasteiger charge is -2.05. The van der Waals surface area contributed by atoms with E-state index in [0.717, 1.165) is 28.5 Å². The van der Waals surface area contributed by atoms with Crippen LogP contribution in [0.1, 0.15) is 17.1 Å². The average molecular weight is 423 g/mol. The number of thioether (sulfide) groups is 1. The molecule has 0 aliphatic rings. The van der Waals surface area contributed by atoms with E-state index in [1.807, 2.05) is 0 Å². The molecule has 0 bridgehead atoms. The molecule has 9 nitrogen and oxygen atoms in total. The Hall–Kier alpha value is -3.28. The number of rotatable bonds is 6. The number of benzene rings is 1. The minimum Gasteiger partial charge on any atom is -0.416 e. The first-order chi connectivity index (χ1) is 13.7. The highest BCUT2D eigenvalue weighted by atomic mass is 32.2. The zero-order valence-electron chi connectivity index (χ0n) is 15.3. The maximum absolute atomic E-state index is 13.6. The number of hydrogen-bond acceptors (Lipinski definition) is 7. The Morgan fingerprint density at radius 3 is 2.79 bits per heavy atom. The fraction of sp³-hybridized carbons (Fsp3) is 0.235. The Balaban J connectivity index is 1.62. The predicted molar refractivity (Wildman–Crippen MR) is 99.9 cm³/mol. The van der Waals surface area contributed by atoms with Crippen molar-refractivity contribution in [1.82, 2.24) is 19.7 Å². The van der Waals surface area contributed by atoms with Crippen molar-refractivity contribution in [2.75, 3.05) is 11.1 Å². The smallest absolute Gasteiger partial charge is 0.328 e. The highest BCUT2D eigenvalue weighted by Gasteiger charge is 2.16. The van der Waals surface area contributed by atoms with Gasteiger partial charge in [0.1, 0.15) is 11.6 Å². The van der Waals surface area contributed by atoms with Crippen LogP contribution in [0.15, 0.2) is 37.4 Å². The fourth-order valence-corrected chi connectivity index (χ4v) is 2.99. The Morgan fingerprint density at radius 1 is 1.31 bits per heavy atom. The standard InChI is InChI=1S/C17H15F2N5O4S/c1-8-10(15(26)24(2)16(27)20-8)6-14-22-23-17(28-14)29-7-13(25)21-12-4-3-9(18)5-11(12)19/h3-5H,6-7H2,1-2H3,(H,20,27)(H,21,25). The summed E-state index contributed by atoms with van der Waals surface area (Å²) in [5.74, 6) is -2.21. The Kier molecular flexibility index (Phi) is 5.92. The number of anilines is 1. The number of aromatic amines is 1. The van der Waals surface area contributed by atoms with Crippen LogP contribution in [-0.2, 0) is 18.3 Å². The van der Waals surface area contributed by atoms with Crippen LogP contribution in [0.2, 0.25) is 0 Å². The van der Waals surface area contributed by atoms with Crippen LogP contribution in [0.3, 0.4) is 0 Å². The van der Waals surface area contributed by atoms with Crippen LogP contribution < -0.4 is 16.6 Å². The normalized spacial score (nSPS) is 10.9. The molecule has 12 heteroatoms. The molecule has 0 unspecified atom stereocenters. The van der Waals surface area contributed by atoms with Crippen molar-refractivity contribution >= 4 is 23.4 Å². The highest BCUT2D eigenvalue weighted by Crippen LogP contribution is 2.19. The Bertz CT molecular complexity index is 1190. The van der Waals surface area contributed by atoms with Crippen LogP contribution in [0, 0.1) is 18.6 Å². The second-order valence-corrected chi connectivity index (χ2v) is 6.92. The van der Waals surface area contributed by atoms with E-state index in [1.165, 1.54) is 7.05 Å². The molecule has 0 saturated heterocycles. The lowest BCUT2D eigenvalue weighted by Crippen LogP contribution is -2.36. The molecule has 1 amide bonds. The SMILES string of the molecule is Cc1[nH]c(=O)n(C)c(=O)c1Cc1nnc(SCC(=O)Nc2ccc(F)cc2F)o1. The van der Waals surface area contributed by atoms with Gasteiger partial charge in [-0.3, -0.25) is 14.2 Å². The third-order valence-electron chi connectivity index (χ3n) is 3.92. The van der Waals surface area contributed by atoms with Gasteiger partial charge < -0.3 is 14.7 Å². The maximum Gasteiger partial charge on any atom is 0.328 e. The molecule has 0 saturated carbocycles. The van der Waals surface area contributed by atoms with Gasteiger partial charge >= 0.3 is 5.69 Å². The zero-order valence-corrected chi connectivity index (χ0v) is 16.1. The van der Waals surface area contributed by atoms with Gasteiger partial charge in [0.05, 0.1) is 17.9 Å². The number of nitrogens with one attached hydrogen (secondary N) is 2. The molecular weight excluding hydrogens is 408 g/mol. The van der Waals surface area contributed by atoms with Crippen molar-refractivity contribution in [2.45, 2.75) is 18.6 Å². The van der Waals surface area contributed by atoms with Gasteiger partial charge in [0.25, 0.3) is 10.8 Å². The molecule has 0 atom stereocenters. The number of carbonyl (C=O) groups is 1. The molecule has 0 fully saturated rings. The Labute approximate surface area is 166 Å². The van der Waals surface area contributed by atoms with Crippen molar-refractivity contribution < 1.29 is 18.0 Å². The van der Waals surface area contributed by atoms with Gasteiger partial charge in [-0.1, -0.05) is 11.8 Å². The van der Waals surface area contributed by atoms with Gasteiger partial charge in [-0.15, -0.1) is 10.2 Å². The number of nitrogens with zero attached hydrogens (tertiary/aromatic N) is 3. The molecular formula is C17H15F2N5O4S. The summed E-state index contributed by atoms with van der Waals surface area (Å²) >= 11 is 0.912. The van der Waals surface area contributed by atoms with E-state index in [2.05, 4.69) is 20.5 Å². The lowest BCUT2D eigenvalue weighted by molar-refractivity contribution is -0.113. The third-order valence-corrected chi connectivity index (χ3v) is 4.74. The molecule has 0 aliphatic heterocycles. The van der Waals surface area contributed by atoms with Gasteiger partial charge in [0.15, 0.2) is 0 Å². The molecule has 2 heterocycles. The quantitative estimate of drug-likeness (QED) is 0.574. The summed E-state index contributed by atoms with van der Waals surface area (Å²) in [7, 11) is 1.35. The Morgan fingerprint density at radius 2 is 2.07 bits per heavy atom. The van der Waals surface area contributed by atoms with E-state index in [1.54, 1.807) is 6.92 Å². The minimum atomic E-state index is -0.888. The number of H-pyrrole nitrogens is 1. The molecule has 0 aliphatic carbocycles. The number of hydrogen-bond donors (Lipinski definition) is 2. The van der Waals surface area contributed by atoms with E-state index in [4.69, 9.17) is 4.42 Å². The second kappa shape index (κ2) is 8.39. The number of carbonyl (C=O) groups excluding carboxylic acids is 1. The number of halogens is 2.